The molecule has 1 aromatic carbocycles. The minimum atomic E-state index is 0.248. The highest BCUT2D eigenvalue weighted by Gasteiger charge is 2.09. The van der Waals surface area contributed by atoms with Gasteiger partial charge in [0, 0.05) is 26.8 Å². The van der Waals surface area contributed by atoms with Gasteiger partial charge in [-0.2, -0.15) is 0 Å². The lowest BCUT2D eigenvalue weighted by Crippen LogP contribution is -2.18. The first-order valence-electron chi connectivity index (χ1n) is 7.10. The van der Waals surface area contributed by atoms with E-state index in [0.717, 1.165) is 47.0 Å². The molecule has 0 aliphatic carbocycles. The van der Waals surface area contributed by atoms with Crippen LogP contribution in [-0.4, -0.2) is 38.6 Å². The van der Waals surface area contributed by atoms with Crippen molar-refractivity contribution in [3.63, 3.8) is 0 Å². The average Bonchev–Trinajstić information content (AvgIpc) is 2.46. The Labute approximate surface area is 143 Å². The van der Waals surface area contributed by atoms with Crippen molar-refractivity contribution >= 4 is 31.9 Å². The van der Waals surface area contributed by atoms with E-state index < -0.39 is 0 Å². The van der Waals surface area contributed by atoms with Crippen LogP contribution in [0.15, 0.2) is 21.1 Å². The van der Waals surface area contributed by atoms with Crippen molar-refractivity contribution in [1.29, 1.82) is 0 Å². The van der Waals surface area contributed by atoms with Crippen molar-refractivity contribution in [1.82, 2.24) is 5.32 Å². The first kappa shape index (κ1) is 18.9. The number of aliphatic hydroxyl groups excluding tert-OH is 1. The van der Waals surface area contributed by atoms with E-state index >= 15 is 0 Å². The van der Waals surface area contributed by atoms with Crippen LogP contribution in [0.4, 0.5) is 0 Å². The zero-order valence-electron chi connectivity index (χ0n) is 12.3. The van der Waals surface area contributed by atoms with Gasteiger partial charge < -0.3 is 19.9 Å². The van der Waals surface area contributed by atoms with Crippen molar-refractivity contribution in [3.05, 3.63) is 26.6 Å². The van der Waals surface area contributed by atoms with Crippen LogP contribution in [0.25, 0.3) is 0 Å². The van der Waals surface area contributed by atoms with E-state index in [1.54, 1.807) is 7.11 Å². The summed E-state index contributed by atoms with van der Waals surface area (Å²) in [4.78, 5) is 0. The first-order valence-corrected chi connectivity index (χ1v) is 8.69. The number of halogens is 2. The van der Waals surface area contributed by atoms with E-state index in [2.05, 4.69) is 49.3 Å². The van der Waals surface area contributed by atoms with E-state index in [-0.39, 0.29) is 6.61 Å². The van der Waals surface area contributed by atoms with Crippen molar-refractivity contribution in [3.8, 4) is 5.75 Å². The maximum atomic E-state index is 8.74. The van der Waals surface area contributed by atoms with Crippen molar-refractivity contribution in [2.24, 2.45) is 0 Å². The summed E-state index contributed by atoms with van der Waals surface area (Å²) in [7, 11) is 1.70. The molecule has 0 atom stereocenters. The highest BCUT2D eigenvalue weighted by molar-refractivity contribution is 9.11. The van der Waals surface area contributed by atoms with Crippen LogP contribution in [-0.2, 0) is 11.3 Å². The molecule has 0 bridgehead atoms. The number of hydrogen-bond donors (Lipinski definition) is 2. The van der Waals surface area contributed by atoms with Gasteiger partial charge in [0.1, 0.15) is 5.75 Å². The summed E-state index contributed by atoms with van der Waals surface area (Å²) in [6.45, 7) is 3.23. The van der Waals surface area contributed by atoms with Crippen LogP contribution in [0, 0.1) is 0 Å². The fraction of sp³-hybridized carbons (Fsp3) is 0.600. The smallest absolute Gasteiger partial charge is 0.147 e. The highest BCUT2D eigenvalue weighted by Crippen LogP contribution is 2.34. The third kappa shape index (κ3) is 7.61. The van der Waals surface area contributed by atoms with Gasteiger partial charge >= 0.3 is 0 Å². The second-order valence-corrected chi connectivity index (χ2v) is 6.40. The second kappa shape index (κ2) is 11.4. The Hall–Kier alpha value is -0.140. The van der Waals surface area contributed by atoms with Gasteiger partial charge in [-0.15, -0.1) is 0 Å². The summed E-state index contributed by atoms with van der Waals surface area (Å²) in [6.07, 6.45) is 2.75. The normalized spacial score (nSPS) is 10.9. The van der Waals surface area contributed by atoms with E-state index in [1.807, 2.05) is 0 Å². The summed E-state index contributed by atoms with van der Waals surface area (Å²) in [5.74, 6) is 0.833. The standard InChI is InChI=1S/C15H23Br2NO3/c1-20-8-5-18-11-12-9-13(16)15(14(17)10-12)21-7-4-2-3-6-19/h9-10,18-19H,2-8,11H2,1H3. The summed E-state index contributed by atoms with van der Waals surface area (Å²) in [6, 6.07) is 4.13. The van der Waals surface area contributed by atoms with Gasteiger partial charge in [-0.3, -0.25) is 0 Å². The summed E-state index contributed by atoms with van der Waals surface area (Å²) in [5, 5.41) is 12.0. The molecule has 6 heteroatoms. The predicted molar refractivity (Wildman–Crippen MR) is 91.9 cm³/mol. The molecule has 1 aromatic rings. The van der Waals surface area contributed by atoms with Gasteiger partial charge in [0.25, 0.3) is 0 Å². The molecule has 120 valence electrons. The molecule has 0 spiro atoms. The Morgan fingerprint density at radius 3 is 2.43 bits per heavy atom. The molecule has 0 aliphatic heterocycles. The lowest BCUT2D eigenvalue weighted by Gasteiger charge is -2.12. The molecule has 0 radical (unpaired) electrons. The molecule has 0 saturated heterocycles. The first-order chi connectivity index (χ1) is 10.2. The van der Waals surface area contributed by atoms with Gasteiger partial charge in [-0.05, 0) is 68.8 Å². The SMILES string of the molecule is COCCNCc1cc(Br)c(OCCCCCO)c(Br)c1. The molecule has 1 rings (SSSR count). The van der Waals surface area contributed by atoms with Crippen molar-refractivity contribution < 1.29 is 14.6 Å². The van der Waals surface area contributed by atoms with Gasteiger partial charge in [0.15, 0.2) is 0 Å². The van der Waals surface area contributed by atoms with E-state index in [4.69, 9.17) is 14.6 Å². The third-order valence-electron chi connectivity index (χ3n) is 2.92. The average molecular weight is 425 g/mol. The largest absolute Gasteiger partial charge is 0.491 e. The molecule has 0 aliphatic rings. The number of unbranched alkanes of at least 4 members (excludes halogenated alkanes) is 2. The monoisotopic (exact) mass is 423 g/mol. The third-order valence-corrected chi connectivity index (χ3v) is 4.10. The Bertz CT molecular complexity index is 393. The van der Waals surface area contributed by atoms with Crippen LogP contribution in [0.1, 0.15) is 24.8 Å². The predicted octanol–water partition coefficient (Wildman–Crippen LogP) is 3.49. The maximum Gasteiger partial charge on any atom is 0.147 e. The molecule has 0 aromatic heterocycles. The molecule has 0 amide bonds. The maximum absolute atomic E-state index is 8.74. The molecule has 21 heavy (non-hydrogen) atoms. The molecule has 4 nitrogen and oxygen atoms in total. The van der Waals surface area contributed by atoms with Crippen molar-refractivity contribution in [2.45, 2.75) is 25.8 Å². The second-order valence-electron chi connectivity index (χ2n) is 4.69. The number of rotatable bonds is 11. The molecule has 0 fully saturated rings. The zero-order chi connectivity index (χ0) is 15.5. The van der Waals surface area contributed by atoms with Gasteiger partial charge in [0.2, 0.25) is 0 Å². The van der Waals surface area contributed by atoms with Crippen LogP contribution in [0.2, 0.25) is 0 Å². The van der Waals surface area contributed by atoms with Crippen LogP contribution in [0.3, 0.4) is 0 Å². The number of nitrogens with one attached hydrogen (secondary N) is 1. The van der Waals surface area contributed by atoms with E-state index in [0.29, 0.717) is 13.2 Å². The summed E-state index contributed by atoms with van der Waals surface area (Å²) < 4.78 is 12.7. The zero-order valence-corrected chi connectivity index (χ0v) is 15.5. The van der Waals surface area contributed by atoms with Gasteiger partial charge in [-0.1, -0.05) is 0 Å². The number of methoxy groups -OCH3 is 1. The topological polar surface area (TPSA) is 50.7 Å². The Balaban J connectivity index is 2.46. The van der Waals surface area contributed by atoms with Crippen LogP contribution >= 0.6 is 31.9 Å². The Morgan fingerprint density at radius 1 is 1.10 bits per heavy atom. The fourth-order valence-corrected chi connectivity index (χ4v) is 3.33. The fourth-order valence-electron chi connectivity index (χ4n) is 1.82. The molecular weight excluding hydrogens is 402 g/mol. The van der Waals surface area contributed by atoms with Gasteiger partial charge in [0.05, 0.1) is 22.2 Å². The lowest BCUT2D eigenvalue weighted by atomic mass is 10.2. The number of benzene rings is 1. The minimum Gasteiger partial charge on any atom is -0.491 e. The molecule has 0 unspecified atom stereocenters. The van der Waals surface area contributed by atoms with Crippen LogP contribution < -0.4 is 10.1 Å². The minimum absolute atomic E-state index is 0.248. The highest BCUT2D eigenvalue weighted by atomic mass is 79.9. The summed E-state index contributed by atoms with van der Waals surface area (Å²) >= 11 is 7.11. The summed E-state index contributed by atoms with van der Waals surface area (Å²) in [5.41, 5.74) is 1.18. The quantitative estimate of drug-likeness (QED) is 0.534. The van der Waals surface area contributed by atoms with E-state index in [1.165, 1.54) is 5.56 Å². The number of ether oxygens (including phenoxy) is 2. The number of aliphatic hydroxyl groups is 1. The Morgan fingerprint density at radius 2 is 1.81 bits per heavy atom. The lowest BCUT2D eigenvalue weighted by molar-refractivity contribution is 0.199. The Kier molecular flexibility index (Phi) is 10.3. The van der Waals surface area contributed by atoms with Crippen LogP contribution in [0.5, 0.6) is 5.75 Å². The molecular formula is C15H23Br2NO3. The molecule has 0 heterocycles. The van der Waals surface area contributed by atoms with E-state index in [9.17, 15) is 0 Å². The van der Waals surface area contributed by atoms with Gasteiger partial charge in [-0.25, -0.2) is 0 Å². The van der Waals surface area contributed by atoms with Crippen molar-refractivity contribution in [2.75, 3.05) is 33.5 Å². The molecule has 2 N–H and O–H groups in total. The number of hydrogen-bond acceptors (Lipinski definition) is 4. The molecule has 0 saturated carbocycles.